The molecular weight excluding hydrogens is 494 g/mol. The number of para-hydroxylation sites is 1. The normalized spacial score (nSPS) is 16.7. The average molecular weight is 526 g/mol. The van der Waals surface area contributed by atoms with E-state index in [0.29, 0.717) is 35.5 Å². The van der Waals surface area contributed by atoms with Crippen molar-refractivity contribution in [2.75, 3.05) is 32.2 Å². The summed E-state index contributed by atoms with van der Waals surface area (Å²) in [5, 5.41) is 3.99. The molecule has 1 aliphatic heterocycles. The number of aromatic nitrogens is 1. The SMILES string of the molecule is CCOC(=O)c1cccc(NC(=O)C2c3ccccc3C(=O)N(CCOC)C2c2cn(C)c3ccccc23)c1. The Labute approximate surface area is 227 Å². The van der Waals surface area contributed by atoms with Crippen molar-refractivity contribution in [2.45, 2.75) is 18.9 Å². The summed E-state index contributed by atoms with van der Waals surface area (Å²) in [7, 11) is 3.55. The van der Waals surface area contributed by atoms with E-state index in [1.54, 1.807) is 55.3 Å². The fourth-order valence-electron chi connectivity index (χ4n) is 5.42. The minimum Gasteiger partial charge on any atom is -0.462 e. The molecule has 2 unspecified atom stereocenters. The third kappa shape index (κ3) is 4.91. The number of nitrogens with zero attached hydrogens (tertiary/aromatic N) is 2. The summed E-state index contributed by atoms with van der Waals surface area (Å²) in [4.78, 5) is 42.1. The van der Waals surface area contributed by atoms with Crippen molar-refractivity contribution in [1.82, 2.24) is 9.47 Å². The van der Waals surface area contributed by atoms with E-state index >= 15 is 0 Å². The lowest BCUT2D eigenvalue weighted by molar-refractivity contribution is -0.119. The van der Waals surface area contributed by atoms with Crippen LogP contribution in [0.2, 0.25) is 0 Å². The first kappa shape index (κ1) is 26.2. The number of carbonyl (C=O) groups is 3. The predicted octanol–water partition coefficient (Wildman–Crippen LogP) is 4.92. The van der Waals surface area contributed by atoms with Crippen LogP contribution in [0.15, 0.2) is 79.0 Å². The lowest BCUT2D eigenvalue weighted by Crippen LogP contribution is -2.47. The van der Waals surface area contributed by atoms with E-state index in [2.05, 4.69) is 5.32 Å². The van der Waals surface area contributed by atoms with Gasteiger partial charge in [0.05, 0.1) is 30.7 Å². The highest BCUT2D eigenvalue weighted by atomic mass is 16.5. The zero-order valence-electron chi connectivity index (χ0n) is 22.2. The third-order valence-corrected chi connectivity index (χ3v) is 7.15. The minimum atomic E-state index is -0.715. The molecule has 4 aromatic rings. The number of methoxy groups -OCH3 is 1. The molecule has 5 rings (SSSR count). The fourth-order valence-corrected chi connectivity index (χ4v) is 5.42. The maximum atomic E-state index is 14.2. The number of hydrogen-bond acceptors (Lipinski definition) is 5. The van der Waals surface area contributed by atoms with Crippen LogP contribution in [0.1, 0.15) is 50.7 Å². The van der Waals surface area contributed by atoms with Gasteiger partial charge in [-0.25, -0.2) is 4.79 Å². The summed E-state index contributed by atoms with van der Waals surface area (Å²) in [6, 6.07) is 21.3. The van der Waals surface area contributed by atoms with Gasteiger partial charge >= 0.3 is 5.97 Å². The van der Waals surface area contributed by atoms with Crippen LogP contribution in [0.25, 0.3) is 10.9 Å². The van der Waals surface area contributed by atoms with Crippen molar-refractivity contribution < 1.29 is 23.9 Å². The van der Waals surface area contributed by atoms with E-state index < -0.39 is 17.9 Å². The van der Waals surface area contributed by atoms with E-state index in [0.717, 1.165) is 16.5 Å². The first-order valence-corrected chi connectivity index (χ1v) is 13.0. The number of rotatable bonds is 8. The maximum Gasteiger partial charge on any atom is 0.338 e. The van der Waals surface area contributed by atoms with E-state index in [-0.39, 0.29) is 18.4 Å². The first-order valence-electron chi connectivity index (χ1n) is 13.0. The van der Waals surface area contributed by atoms with Gasteiger partial charge in [-0.3, -0.25) is 9.59 Å². The van der Waals surface area contributed by atoms with Crippen molar-refractivity contribution >= 4 is 34.4 Å². The Hall–Kier alpha value is -4.43. The van der Waals surface area contributed by atoms with Crippen molar-refractivity contribution in [2.24, 2.45) is 7.05 Å². The molecule has 8 nitrogen and oxygen atoms in total. The van der Waals surface area contributed by atoms with Gasteiger partial charge < -0.3 is 24.3 Å². The number of aryl methyl sites for hydroxylation is 1. The van der Waals surface area contributed by atoms with Crippen molar-refractivity contribution in [1.29, 1.82) is 0 Å². The Balaban J connectivity index is 1.63. The van der Waals surface area contributed by atoms with Gasteiger partial charge in [0, 0.05) is 54.6 Å². The molecule has 2 atom stereocenters. The van der Waals surface area contributed by atoms with Gasteiger partial charge in [-0.2, -0.15) is 0 Å². The number of anilines is 1. The van der Waals surface area contributed by atoms with Crippen LogP contribution in [-0.2, 0) is 21.3 Å². The van der Waals surface area contributed by atoms with Gasteiger partial charge in [-0.15, -0.1) is 0 Å². The number of benzene rings is 3. The van der Waals surface area contributed by atoms with Gasteiger partial charge in [0.1, 0.15) is 0 Å². The van der Waals surface area contributed by atoms with Crippen LogP contribution in [0, 0.1) is 0 Å². The second-order valence-electron chi connectivity index (χ2n) is 9.50. The number of carbonyl (C=O) groups excluding carboxylic acids is 3. The molecule has 2 amide bonds. The molecule has 1 aromatic heterocycles. The van der Waals surface area contributed by atoms with Crippen molar-refractivity contribution in [3.05, 3.63) is 101 Å². The highest BCUT2D eigenvalue weighted by Crippen LogP contribution is 2.45. The molecule has 39 heavy (non-hydrogen) atoms. The maximum absolute atomic E-state index is 14.2. The summed E-state index contributed by atoms with van der Waals surface area (Å²) in [6.07, 6.45) is 2.00. The summed E-state index contributed by atoms with van der Waals surface area (Å²) in [5.41, 5.74) is 3.86. The van der Waals surface area contributed by atoms with Gasteiger partial charge in [0.2, 0.25) is 5.91 Å². The highest BCUT2D eigenvalue weighted by molar-refractivity contribution is 6.05. The van der Waals surface area contributed by atoms with Crippen LogP contribution < -0.4 is 5.32 Å². The Morgan fingerprint density at radius 2 is 1.74 bits per heavy atom. The first-order chi connectivity index (χ1) is 18.9. The summed E-state index contributed by atoms with van der Waals surface area (Å²) in [6.45, 7) is 2.64. The lowest BCUT2D eigenvalue weighted by atomic mass is 9.79. The molecular formula is C31H31N3O5. The Kier molecular flexibility index (Phi) is 7.47. The predicted molar refractivity (Wildman–Crippen MR) is 149 cm³/mol. The molecule has 0 fully saturated rings. The molecule has 8 heteroatoms. The molecule has 1 aliphatic rings. The fraction of sp³-hybridized carbons (Fsp3) is 0.258. The number of esters is 1. The Morgan fingerprint density at radius 1 is 0.974 bits per heavy atom. The van der Waals surface area contributed by atoms with Crippen molar-refractivity contribution in [3.63, 3.8) is 0 Å². The van der Waals surface area contributed by atoms with Crippen LogP contribution in [0.5, 0.6) is 0 Å². The van der Waals surface area contributed by atoms with Crippen LogP contribution in [0.3, 0.4) is 0 Å². The highest BCUT2D eigenvalue weighted by Gasteiger charge is 2.45. The number of fused-ring (bicyclic) bond motifs is 2. The van der Waals surface area contributed by atoms with Gasteiger partial charge in [-0.05, 0) is 42.8 Å². The standard InChI is InChI=1S/C31H31N3O5/c1-4-39-31(37)20-10-9-11-21(18-20)32-29(35)27-23-13-5-6-14-24(23)30(36)34(16-17-38-3)28(27)25-19-33(2)26-15-8-7-12-22(25)26/h5-15,18-19,27-28H,4,16-17H2,1-3H3,(H,32,35). The molecule has 3 aromatic carbocycles. The summed E-state index contributed by atoms with van der Waals surface area (Å²) < 4.78 is 12.5. The molecule has 0 aliphatic carbocycles. The molecule has 200 valence electrons. The molecule has 2 heterocycles. The quantitative estimate of drug-likeness (QED) is 0.330. The zero-order chi connectivity index (χ0) is 27.5. The van der Waals surface area contributed by atoms with Gasteiger partial charge in [-0.1, -0.05) is 42.5 Å². The lowest BCUT2D eigenvalue weighted by Gasteiger charge is -2.41. The van der Waals surface area contributed by atoms with E-state index in [4.69, 9.17) is 9.47 Å². The molecule has 1 N–H and O–H groups in total. The number of ether oxygens (including phenoxy) is 2. The topological polar surface area (TPSA) is 89.9 Å². The van der Waals surface area contributed by atoms with Crippen LogP contribution in [0.4, 0.5) is 5.69 Å². The van der Waals surface area contributed by atoms with Gasteiger partial charge in [0.25, 0.3) is 5.91 Å². The molecule has 0 bridgehead atoms. The van der Waals surface area contributed by atoms with Gasteiger partial charge in [0.15, 0.2) is 0 Å². The van der Waals surface area contributed by atoms with E-state index in [1.807, 2.05) is 54.2 Å². The molecule has 0 radical (unpaired) electrons. The van der Waals surface area contributed by atoms with Crippen LogP contribution in [-0.4, -0.2) is 54.1 Å². The monoisotopic (exact) mass is 525 g/mol. The number of amides is 2. The van der Waals surface area contributed by atoms with E-state index in [9.17, 15) is 14.4 Å². The summed E-state index contributed by atoms with van der Waals surface area (Å²) in [5.74, 6) is -1.60. The zero-order valence-corrected chi connectivity index (χ0v) is 22.2. The third-order valence-electron chi connectivity index (χ3n) is 7.15. The van der Waals surface area contributed by atoms with Crippen LogP contribution >= 0.6 is 0 Å². The Bertz CT molecular complexity index is 1540. The second-order valence-corrected chi connectivity index (χ2v) is 9.50. The largest absolute Gasteiger partial charge is 0.462 e. The average Bonchev–Trinajstić information content (AvgIpc) is 3.28. The molecule has 0 saturated heterocycles. The smallest absolute Gasteiger partial charge is 0.338 e. The minimum absolute atomic E-state index is 0.144. The molecule has 0 saturated carbocycles. The number of hydrogen-bond donors (Lipinski definition) is 1. The van der Waals surface area contributed by atoms with Crippen molar-refractivity contribution in [3.8, 4) is 0 Å². The number of nitrogens with one attached hydrogen (secondary N) is 1. The second kappa shape index (κ2) is 11.1. The van der Waals surface area contributed by atoms with E-state index in [1.165, 1.54) is 0 Å². The Morgan fingerprint density at radius 3 is 2.54 bits per heavy atom. The summed E-state index contributed by atoms with van der Waals surface area (Å²) >= 11 is 0. The molecule has 0 spiro atoms.